The highest BCUT2D eigenvalue weighted by molar-refractivity contribution is 7.80. The van der Waals surface area contributed by atoms with Gasteiger partial charge in [0.15, 0.2) is 10.9 Å². The SMILES string of the molecule is CCC(C)c1ccc(NC(=S)NC(=O)c2ccc(-c3cccc([N+](=O)[O-])c3)o2)cc1. The van der Waals surface area contributed by atoms with Crippen molar-refractivity contribution < 1.29 is 14.1 Å². The monoisotopic (exact) mass is 423 g/mol. The van der Waals surface area contributed by atoms with Gasteiger partial charge in [-0.05, 0) is 54.4 Å². The number of furan rings is 1. The average molecular weight is 423 g/mol. The Morgan fingerprint density at radius 1 is 1.17 bits per heavy atom. The van der Waals surface area contributed by atoms with Gasteiger partial charge in [0.1, 0.15) is 5.76 Å². The molecule has 0 aliphatic rings. The molecule has 2 N–H and O–H groups in total. The van der Waals surface area contributed by atoms with Crippen LogP contribution in [0, 0.1) is 10.1 Å². The Kier molecular flexibility index (Phi) is 6.58. The number of rotatable bonds is 6. The summed E-state index contributed by atoms with van der Waals surface area (Å²) < 4.78 is 5.55. The molecule has 0 spiro atoms. The molecule has 30 heavy (non-hydrogen) atoms. The fourth-order valence-electron chi connectivity index (χ4n) is 2.85. The van der Waals surface area contributed by atoms with E-state index >= 15 is 0 Å². The molecular formula is C22H21N3O4S. The van der Waals surface area contributed by atoms with Crippen LogP contribution in [0.4, 0.5) is 11.4 Å². The van der Waals surface area contributed by atoms with Gasteiger partial charge in [-0.2, -0.15) is 0 Å². The van der Waals surface area contributed by atoms with E-state index in [1.807, 2.05) is 24.3 Å². The van der Waals surface area contributed by atoms with Crippen molar-refractivity contribution in [3.05, 3.63) is 82.1 Å². The third kappa shape index (κ3) is 5.09. The van der Waals surface area contributed by atoms with Gasteiger partial charge in [-0.3, -0.25) is 20.2 Å². The fourth-order valence-corrected chi connectivity index (χ4v) is 3.06. The minimum atomic E-state index is -0.514. The van der Waals surface area contributed by atoms with Gasteiger partial charge in [0, 0.05) is 23.4 Å². The van der Waals surface area contributed by atoms with Crippen molar-refractivity contribution in [2.75, 3.05) is 5.32 Å². The molecule has 1 amide bonds. The second kappa shape index (κ2) is 9.32. The van der Waals surface area contributed by atoms with E-state index in [4.69, 9.17) is 16.6 Å². The van der Waals surface area contributed by atoms with Crippen molar-refractivity contribution in [1.29, 1.82) is 0 Å². The van der Waals surface area contributed by atoms with Gasteiger partial charge in [0.2, 0.25) is 0 Å². The van der Waals surface area contributed by atoms with Crippen LogP contribution in [-0.4, -0.2) is 15.9 Å². The molecule has 1 unspecified atom stereocenters. The normalized spacial score (nSPS) is 11.5. The minimum Gasteiger partial charge on any atom is -0.451 e. The maximum absolute atomic E-state index is 12.4. The van der Waals surface area contributed by atoms with Crippen molar-refractivity contribution in [2.24, 2.45) is 0 Å². The van der Waals surface area contributed by atoms with Crippen LogP contribution >= 0.6 is 12.2 Å². The molecular weight excluding hydrogens is 402 g/mol. The highest BCUT2D eigenvalue weighted by Crippen LogP contribution is 2.26. The molecule has 0 radical (unpaired) electrons. The number of hydrogen-bond acceptors (Lipinski definition) is 5. The molecule has 0 aliphatic heterocycles. The lowest BCUT2D eigenvalue weighted by atomic mass is 9.99. The first-order valence-electron chi connectivity index (χ1n) is 9.44. The first-order chi connectivity index (χ1) is 14.4. The Labute approximate surface area is 179 Å². The molecule has 0 saturated heterocycles. The average Bonchev–Trinajstić information content (AvgIpc) is 3.24. The number of nitrogens with one attached hydrogen (secondary N) is 2. The quantitative estimate of drug-likeness (QED) is 0.309. The van der Waals surface area contributed by atoms with Crippen molar-refractivity contribution in [2.45, 2.75) is 26.2 Å². The van der Waals surface area contributed by atoms with E-state index in [2.05, 4.69) is 24.5 Å². The summed E-state index contributed by atoms with van der Waals surface area (Å²) in [6, 6.07) is 16.9. The van der Waals surface area contributed by atoms with E-state index in [0.717, 1.165) is 12.1 Å². The van der Waals surface area contributed by atoms with Crippen LogP contribution in [0.2, 0.25) is 0 Å². The highest BCUT2D eigenvalue weighted by atomic mass is 32.1. The zero-order valence-corrected chi connectivity index (χ0v) is 17.4. The Bertz CT molecular complexity index is 1080. The Morgan fingerprint density at radius 2 is 1.90 bits per heavy atom. The van der Waals surface area contributed by atoms with Crippen molar-refractivity contribution >= 4 is 34.6 Å². The van der Waals surface area contributed by atoms with Gasteiger partial charge in [-0.25, -0.2) is 0 Å². The summed E-state index contributed by atoms with van der Waals surface area (Å²) in [5.74, 6) is 0.362. The van der Waals surface area contributed by atoms with E-state index < -0.39 is 10.8 Å². The first-order valence-corrected chi connectivity index (χ1v) is 9.85. The number of anilines is 1. The predicted molar refractivity (Wildman–Crippen MR) is 120 cm³/mol. The molecule has 0 bridgehead atoms. The smallest absolute Gasteiger partial charge is 0.293 e. The number of nitro groups is 1. The van der Waals surface area contributed by atoms with E-state index in [9.17, 15) is 14.9 Å². The summed E-state index contributed by atoms with van der Waals surface area (Å²) >= 11 is 5.21. The second-order valence-electron chi connectivity index (χ2n) is 6.81. The van der Waals surface area contributed by atoms with Gasteiger partial charge < -0.3 is 9.73 Å². The lowest BCUT2D eigenvalue weighted by molar-refractivity contribution is -0.384. The number of amides is 1. The number of benzene rings is 2. The lowest BCUT2D eigenvalue weighted by Gasteiger charge is -2.12. The van der Waals surface area contributed by atoms with Crippen LogP contribution in [0.15, 0.2) is 65.1 Å². The maximum atomic E-state index is 12.4. The summed E-state index contributed by atoms with van der Waals surface area (Å²) in [6.07, 6.45) is 1.06. The third-order valence-corrected chi connectivity index (χ3v) is 4.95. The maximum Gasteiger partial charge on any atom is 0.293 e. The Balaban J connectivity index is 1.63. The third-order valence-electron chi connectivity index (χ3n) is 4.75. The Morgan fingerprint density at radius 3 is 2.57 bits per heavy atom. The summed E-state index contributed by atoms with van der Waals surface area (Å²) in [6.45, 7) is 4.30. The largest absolute Gasteiger partial charge is 0.451 e. The summed E-state index contributed by atoms with van der Waals surface area (Å²) in [7, 11) is 0. The summed E-state index contributed by atoms with van der Waals surface area (Å²) in [5.41, 5.74) is 2.45. The molecule has 1 aromatic heterocycles. The molecule has 154 valence electrons. The van der Waals surface area contributed by atoms with Gasteiger partial charge in [0.05, 0.1) is 4.92 Å². The number of nitro benzene ring substituents is 1. The van der Waals surface area contributed by atoms with Crippen molar-refractivity contribution in [3.63, 3.8) is 0 Å². The number of carbonyl (C=O) groups excluding carboxylic acids is 1. The molecule has 3 rings (SSSR count). The number of non-ortho nitro benzene ring substituents is 1. The lowest BCUT2D eigenvalue weighted by Crippen LogP contribution is -2.33. The summed E-state index contributed by atoms with van der Waals surface area (Å²) in [5, 5.41) is 16.6. The summed E-state index contributed by atoms with van der Waals surface area (Å²) in [4.78, 5) is 22.8. The molecule has 7 nitrogen and oxygen atoms in total. The van der Waals surface area contributed by atoms with Crippen LogP contribution in [0.1, 0.15) is 42.3 Å². The second-order valence-corrected chi connectivity index (χ2v) is 7.22. The van der Waals surface area contributed by atoms with Crippen LogP contribution in [-0.2, 0) is 0 Å². The minimum absolute atomic E-state index is 0.0489. The number of hydrogen-bond donors (Lipinski definition) is 2. The van der Waals surface area contributed by atoms with Gasteiger partial charge >= 0.3 is 0 Å². The van der Waals surface area contributed by atoms with E-state index in [1.54, 1.807) is 18.2 Å². The number of carbonyl (C=O) groups is 1. The van der Waals surface area contributed by atoms with Crippen molar-refractivity contribution in [1.82, 2.24) is 5.32 Å². The molecule has 0 aliphatic carbocycles. The van der Waals surface area contributed by atoms with Crippen LogP contribution in [0.25, 0.3) is 11.3 Å². The van der Waals surface area contributed by atoms with Crippen LogP contribution in [0.5, 0.6) is 0 Å². The zero-order chi connectivity index (χ0) is 21.7. The highest BCUT2D eigenvalue weighted by Gasteiger charge is 2.15. The van der Waals surface area contributed by atoms with Gasteiger partial charge in [-0.1, -0.05) is 38.1 Å². The molecule has 0 fully saturated rings. The standard InChI is InChI=1S/C22H21N3O4S/c1-3-14(2)15-7-9-17(10-8-15)23-22(30)24-21(26)20-12-11-19(29-20)16-5-4-6-18(13-16)25(27)28/h4-14H,3H2,1-2H3,(H2,23,24,26,30). The zero-order valence-electron chi connectivity index (χ0n) is 16.5. The number of nitrogens with zero attached hydrogens (tertiary/aromatic N) is 1. The topological polar surface area (TPSA) is 97.4 Å². The van der Waals surface area contributed by atoms with Crippen LogP contribution in [0.3, 0.4) is 0 Å². The van der Waals surface area contributed by atoms with Gasteiger partial charge in [-0.15, -0.1) is 0 Å². The number of thiocarbonyl (C=S) groups is 1. The van der Waals surface area contributed by atoms with E-state index in [0.29, 0.717) is 17.2 Å². The molecule has 1 atom stereocenters. The Hall–Kier alpha value is -3.52. The van der Waals surface area contributed by atoms with E-state index in [1.165, 1.54) is 23.8 Å². The first kappa shape index (κ1) is 21.2. The van der Waals surface area contributed by atoms with Crippen molar-refractivity contribution in [3.8, 4) is 11.3 Å². The van der Waals surface area contributed by atoms with Gasteiger partial charge in [0.25, 0.3) is 11.6 Å². The van der Waals surface area contributed by atoms with Crippen LogP contribution < -0.4 is 10.6 Å². The molecule has 2 aromatic carbocycles. The van der Waals surface area contributed by atoms with E-state index in [-0.39, 0.29) is 16.6 Å². The molecule has 8 heteroatoms. The molecule has 3 aromatic rings. The predicted octanol–water partition coefficient (Wildman–Crippen LogP) is 5.50. The fraction of sp³-hybridized carbons (Fsp3) is 0.182. The molecule has 1 heterocycles. The molecule has 0 saturated carbocycles.